The number of phenolic OH excluding ortho intramolecular Hbond substituents is 1. The molecule has 5 rings (SSSR count). The molecule has 2 aromatic rings. The van der Waals surface area contributed by atoms with Crippen molar-refractivity contribution >= 4 is 34.8 Å². The maximum Gasteiger partial charge on any atom is 0.255 e. The highest BCUT2D eigenvalue weighted by molar-refractivity contribution is 6.24. The molecule has 2 aromatic carbocycles. The molecule has 1 fully saturated rings. The van der Waals surface area contributed by atoms with Crippen LogP contribution in [0.4, 0.5) is 5.69 Å². The molecular weight excluding hydrogens is 546 g/mol. The quantitative estimate of drug-likeness (QED) is 0.271. The zero-order valence-electron chi connectivity index (χ0n) is 23.2. The summed E-state index contributed by atoms with van der Waals surface area (Å²) in [4.78, 5) is 52.6. The molecule has 3 aliphatic rings. The number of primary amides is 1. The molecule has 0 heterocycles. The van der Waals surface area contributed by atoms with E-state index in [1.807, 2.05) is 0 Å². The fourth-order valence-corrected chi connectivity index (χ4v) is 6.58. The van der Waals surface area contributed by atoms with Gasteiger partial charge in [0.25, 0.3) is 5.91 Å². The Bertz CT molecular complexity index is 1590. The molecule has 0 aliphatic heterocycles. The maximum absolute atomic E-state index is 14.0. The standard InChI is InChI=1S/C30H31N3O9/c1-33(2)24-18-11-14-10-17-16(13-4-6-15(7-5-13)32-20(35)12-42-3)8-9-19(34)22(17)25(36)21(14)27(38)30(18,41)28(39)23(26(24)37)29(31)40/h4-9,14,18,24,34,36,39,41H,10-12H2,1-3H3,(H2,31,40)(H,32,35). The predicted octanol–water partition coefficient (Wildman–Crippen LogP) is 1.22. The summed E-state index contributed by atoms with van der Waals surface area (Å²) in [5.74, 6) is -7.33. The van der Waals surface area contributed by atoms with Crippen molar-refractivity contribution in [3.63, 3.8) is 0 Å². The maximum atomic E-state index is 14.0. The van der Waals surface area contributed by atoms with Gasteiger partial charge in [-0.15, -0.1) is 0 Å². The Labute approximate surface area is 240 Å². The molecule has 2 amide bonds. The average molecular weight is 578 g/mol. The number of carbonyl (C=O) groups is 4. The van der Waals surface area contributed by atoms with E-state index >= 15 is 0 Å². The minimum Gasteiger partial charge on any atom is -0.508 e. The predicted molar refractivity (Wildman–Crippen MR) is 150 cm³/mol. The van der Waals surface area contributed by atoms with Crippen molar-refractivity contribution in [1.82, 2.24) is 4.90 Å². The van der Waals surface area contributed by atoms with Gasteiger partial charge in [0.1, 0.15) is 29.4 Å². The summed E-state index contributed by atoms with van der Waals surface area (Å²) < 4.78 is 4.83. The molecule has 220 valence electrons. The number of amides is 2. The molecule has 0 aromatic heterocycles. The van der Waals surface area contributed by atoms with E-state index in [4.69, 9.17) is 10.5 Å². The molecule has 4 atom stereocenters. The number of likely N-dealkylation sites (N-methyl/N-ethyl adjacent to an activating group) is 1. The van der Waals surface area contributed by atoms with E-state index in [-0.39, 0.29) is 42.2 Å². The third-order valence-electron chi connectivity index (χ3n) is 8.36. The van der Waals surface area contributed by atoms with Crippen LogP contribution >= 0.6 is 0 Å². The zero-order chi connectivity index (χ0) is 30.7. The van der Waals surface area contributed by atoms with Gasteiger partial charge in [-0.25, -0.2) is 0 Å². The zero-order valence-corrected chi connectivity index (χ0v) is 23.2. The fourth-order valence-electron chi connectivity index (χ4n) is 6.58. The number of benzene rings is 2. The van der Waals surface area contributed by atoms with Gasteiger partial charge in [0.15, 0.2) is 11.4 Å². The van der Waals surface area contributed by atoms with Gasteiger partial charge in [-0.3, -0.25) is 24.1 Å². The largest absolute Gasteiger partial charge is 0.508 e. The summed E-state index contributed by atoms with van der Waals surface area (Å²) in [5, 5.41) is 47.6. The number of phenols is 1. The molecule has 0 spiro atoms. The van der Waals surface area contributed by atoms with Crippen LogP contribution in [0.3, 0.4) is 0 Å². The Morgan fingerprint density at radius 2 is 1.76 bits per heavy atom. The number of Topliss-reactive ketones (excluding diaryl/α,β-unsaturated/α-hetero) is 2. The number of rotatable bonds is 6. The number of ketones is 2. The highest BCUT2D eigenvalue weighted by Gasteiger charge is 2.64. The van der Waals surface area contributed by atoms with Gasteiger partial charge < -0.3 is 36.2 Å². The molecule has 0 saturated heterocycles. The molecule has 4 unspecified atom stereocenters. The lowest BCUT2D eigenvalue weighted by Crippen LogP contribution is -2.65. The van der Waals surface area contributed by atoms with E-state index in [1.54, 1.807) is 44.4 Å². The first-order valence-electron chi connectivity index (χ1n) is 13.2. The number of carbonyl (C=O) groups excluding carboxylic acids is 4. The van der Waals surface area contributed by atoms with Crippen molar-refractivity contribution < 1.29 is 44.3 Å². The second kappa shape index (κ2) is 10.4. The van der Waals surface area contributed by atoms with Crippen LogP contribution in [0.2, 0.25) is 0 Å². The van der Waals surface area contributed by atoms with E-state index in [9.17, 15) is 39.6 Å². The van der Waals surface area contributed by atoms with Crippen LogP contribution in [0.15, 0.2) is 53.3 Å². The van der Waals surface area contributed by atoms with Crippen LogP contribution in [0.25, 0.3) is 16.9 Å². The molecule has 1 saturated carbocycles. The molecule has 12 nitrogen and oxygen atoms in total. The number of fused-ring (bicyclic) bond motifs is 3. The Morgan fingerprint density at radius 1 is 1.10 bits per heavy atom. The van der Waals surface area contributed by atoms with E-state index in [0.717, 1.165) is 0 Å². The number of ether oxygens (including phenoxy) is 1. The van der Waals surface area contributed by atoms with Crippen molar-refractivity contribution in [3.8, 4) is 16.9 Å². The highest BCUT2D eigenvalue weighted by Crippen LogP contribution is 2.53. The summed E-state index contributed by atoms with van der Waals surface area (Å²) in [6, 6.07) is 8.78. The molecule has 12 heteroatoms. The summed E-state index contributed by atoms with van der Waals surface area (Å²) in [7, 11) is 4.51. The number of aliphatic hydroxyl groups is 3. The van der Waals surface area contributed by atoms with Crippen LogP contribution in [0.1, 0.15) is 17.5 Å². The van der Waals surface area contributed by atoms with Gasteiger partial charge >= 0.3 is 0 Å². The van der Waals surface area contributed by atoms with Crippen molar-refractivity contribution in [2.24, 2.45) is 17.6 Å². The topological polar surface area (TPSA) is 200 Å². The van der Waals surface area contributed by atoms with Crippen LogP contribution in [-0.4, -0.2) is 88.2 Å². The van der Waals surface area contributed by atoms with Crippen LogP contribution in [0.5, 0.6) is 5.75 Å². The SMILES string of the molecule is COCC(=O)Nc1ccc(-c2ccc(O)c3c2CC2CC4C(N(C)C)C(=O)C(C(N)=O)=C(O)C4(O)C(=O)C2=C3O)cc1. The number of methoxy groups -OCH3 is 1. The smallest absolute Gasteiger partial charge is 0.255 e. The van der Waals surface area contributed by atoms with Crippen molar-refractivity contribution in [2.45, 2.75) is 24.5 Å². The molecule has 3 aliphatic carbocycles. The molecular formula is C30H31N3O9. The molecule has 0 bridgehead atoms. The number of aromatic hydroxyl groups is 1. The normalized spacial score (nSPS) is 25.2. The lowest BCUT2D eigenvalue weighted by atomic mass is 9.57. The number of nitrogens with two attached hydrogens (primary N) is 1. The van der Waals surface area contributed by atoms with Gasteiger partial charge in [-0.05, 0) is 67.7 Å². The first kappa shape index (κ1) is 29.0. The monoisotopic (exact) mass is 577 g/mol. The lowest BCUT2D eigenvalue weighted by molar-refractivity contribution is -0.153. The van der Waals surface area contributed by atoms with E-state index < -0.39 is 58.0 Å². The van der Waals surface area contributed by atoms with Gasteiger partial charge in [-0.1, -0.05) is 18.2 Å². The minimum absolute atomic E-state index is 0.00117. The second-order valence-electron chi connectivity index (χ2n) is 11.0. The van der Waals surface area contributed by atoms with E-state index in [1.165, 1.54) is 18.1 Å². The fraction of sp³-hybridized carbons (Fsp3) is 0.333. The number of aliphatic hydroxyl groups excluding tert-OH is 2. The van der Waals surface area contributed by atoms with Crippen molar-refractivity contribution in [3.05, 3.63) is 64.4 Å². The third kappa shape index (κ3) is 4.26. The minimum atomic E-state index is -2.69. The summed E-state index contributed by atoms with van der Waals surface area (Å²) >= 11 is 0. The van der Waals surface area contributed by atoms with Crippen LogP contribution < -0.4 is 11.1 Å². The summed E-state index contributed by atoms with van der Waals surface area (Å²) in [6.07, 6.45) is 0.149. The summed E-state index contributed by atoms with van der Waals surface area (Å²) in [5.41, 5.74) is 4.02. The van der Waals surface area contributed by atoms with E-state index in [0.29, 0.717) is 22.4 Å². The lowest BCUT2D eigenvalue weighted by Gasteiger charge is -2.50. The van der Waals surface area contributed by atoms with Gasteiger partial charge in [0.05, 0.1) is 11.6 Å². The highest BCUT2D eigenvalue weighted by atomic mass is 16.5. The van der Waals surface area contributed by atoms with Gasteiger partial charge in [-0.2, -0.15) is 0 Å². The Morgan fingerprint density at radius 3 is 2.36 bits per heavy atom. The third-order valence-corrected chi connectivity index (χ3v) is 8.36. The average Bonchev–Trinajstić information content (AvgIpc) is 2.91. The summed E-state index contributed by atoms with van der Waals surface area (Å²) in [6.45, 7) is -0.102. The number of hydrogen-bond acceptors (Lipinski definition) is 10. The van der Waals surface area contributed by atoms with Crippen molar-refractivity contribution in [2.75, 3.05) is 33.1 Å². The first-order chi connectivity index (χ1) is 19.8. The number of nitrogens with zero attached hydrogens (tertiary/aromatic N) is 1. The molecule has 42 heavy (non-hydrogen) atoms. The van der Waals surface area contributed by atoms with Gasteiger partial charge in [0.2, 0.25) is 11.7 Å². The number of nitrogens with one attached hydrogen (secondary N) is 1. The molecule has 0 radical (unpaired) electrons. The van der Waals surface area contributed by atoms with Crippen molar-refractivity contribution in [1.29, 1.82) is 0 Å². The van der Waals surface area contributed by atoms with Gasteiger partial charge in [0, 0.05) is 24.3 Å². The second-order valence-corrected chi connectivity index (χ2v) is 11.0. The first-order valence-corrected chi connectivity index (χ1v) is 13.2. The van der Waals surface area contributed by atoms with Crippen LogP contribution in [-0.2, 0) is 30.3 Å². The Kier molecular flexibility index (Phi) is 7.17. The number of anilines is 1. The molecule has 7 N–H and O–H groups in total. The Balaban J connectivity index is 1.63. The van der Waals surface area contributed by atoms with Crippen LogP contribution in [0, 0.1) is 11.8 Å². The number of hydrogen-bond donors (Lipinski definition) is 6. The van der Waals surface area contributed by atoms with E-state index in [2.05, 4.69) is 5.32 Å². The Hall–Kier alpha value is -4.52.